The maximum atomic E-state index is 12.8. The van der Waals surface area contributed by atoms with Crippen molar-refractivity contribution in [1.29, 1.82) is 0 Å². The number of hydrogen-bond donors (Lipinski definition) is 3. The number of carbonyl (C=O) groups is 2. The number of likely N-dealkylation sites (N-methyl/N-ethyl adjacent to an activating group) is 1. The minimum atomic E-state index is -0.915. The molecule has 0 saturated carbocycles. The van der Waals surface area contributed by atoms with E-state index in [2.05, 4.69) is 12.2 Å². The fourth-order valence-electron chi connectivity index (χ4n) is 5.10. The molecular formula is C31H49N3O7. The van der Waals surface area contributed by atoms with Gasteiger partial charge in [0.05, 0.1) is 18.3 Å². The van der Waals surface area contributed by atoms with E-state index in [4.69, 9.17) is 24.7 Å². The molecule has 0 fully saturated rings. The summed E-state index contributed by atoms with van der Waals surface area (Å²) in [6.07, 6.45) is 3.99. The molecular weight excluding hydrogens is 526 g/mol. The quantitative estimate of drug-likeness (QED) is 0.417. The number of fused-ring (bicyclic) bond motifs is 2. The summed E-state index contributed by atoms with van der Waals surface area (Å²) >= 11 is 0. The van der Waals surface area contributed by atoms with E-state index in [-0.39, 0.29) is 17.7 Å². The minimum absolute atomic E-state index is 0.151. The van der Waals surface area contributed by atoms with Crippen LogP contribution in [0.1, 0.15) is 45.6 Å². The molecule has 2 amide bonds. The molecule has 1 heterocycles. The van der Waals surface area contributed by atoms with Crippen molar-refractivity contribution in [3.63, 3.8) is 0 Å². The molecule has 2 rings (SSSR count). The second-order valence-corrected chi connectivity index (χ2v) is 11.2. The molecule has 4 N–H and O–H groups in total. The number of benzene rings is 1. The standard InChI is InChI=1S/C31H49N3O7/c1-20-14-23-17-24(19-25(18-23)40-13-12-34(4)5)33-28(35)11-9-8-10-26(38-6)30(41-31(32)37)22(3)16-21(2)29(36)27(15-20)39-7/h9,11,16-21,26-27,29-30,36H,8,10,12-15H2,1-7H3,(H2,32,37)(H,33,35)/b11-9+,22-16+/t20-,21+,26+,27-,29-,30+/m1/s1. The van der Waals surface area contributed by atoms with Gasteiger partial charge in [-0.15, -0.1) is 0 Å². The second kappa shape index (κ2) is 17.1. The summed E-state index contributed by atoms with van der Waals surface area (Å²) < 4.78 is 22.8. The number of carbonyl (C=O) groups excluding carboxylic acids is 2. The number of amides is 2. The second-order valence-electron chi connectivity index (χ2n) is 11.2. The molecule has 0 unspecified atom stereocenters. The number of nitrogens with zero attached hydrogens (tertiary/aromatic N) is 1. The fraction of sp³-hybridized carbons (Fsp3) is 0.613. The lowest BCUT2D eigenvalue weighted by atomic mass is 9.88. The molecule has 0 aliphatic carbocycles. The van der Waals surface area contributed by atoms with Crippen molar-refractivity contribution in [2.24, 2.45) is 17.6 Å². The molecule has 41 heavy (non-hydrogen) atoms. The average Bonchev–Trinajstić information content (AvgIpc) is 2.89. The Kier molecular flexibility index (Phi) is 14.3. The predicted molar refractivity (Wildman–Crippen MR) is 160 cm³/mol. The Labute approximate surface area is 244 Å². The molecule has 230 valence electrons. The topological polar surface area (TPSA) is 133 Å². The number of ether oxygens (including phenoxy) is 4. The van der Waals surface area contributed by atoms with Crippen molar-refractivity contribution in [2.45, 2.75) is 70.9 Å². The van der Waals surface area contributed by atoms with Crippen molar-refractivity contribution < 1.29 is 33.6 Å². The number of methoxy groups -OCH3 is 2. The van der Waals surface area contributed by atoms with E-state index in [0.717, 1.165) is 12.1 Å². The molecule has 10 nitrogen and oxygen atoms in total. The van der Waals surface area contributed by atoms with Crippen molar-refractivity contribution >= 4 is 17.7 Å². The molecule has 0 spiro atoms. The Bertz CT molecular complexity index is 1040. The van der Waals surface area contributed by atoms with Crippen molar-refractivity contribution in [2.75, 3.05) is 46.8 Å². The molecule has 0 aromatic heterocycles. The zero-order valence-corrected chi connectivity index (χ0v) is 25.6. The molecule has 0 saturated heterocycles. The molecule has 2 bridgehead atoms. The Hall–Kier alpha value is -2.92. The number of rotatable bonds is 7. The number of hydrogen-bond acceptors (Lipinski definition) is 8. The van der Waals surface area contributed by atoms with E-state index in [9.17, 15) is 14.7 Å². The summed E-state index contributed by atoms with van der Waals surface area (Å²) in [7, 11) is 7.10. The molecule has 1 aromatic rings. The first-order valence-electron chi connectivity index (χ1n) is 14.2. The van der Waals surface area contributed by atoms with Crippen molar-refractivity contribution in [3.05, 3.63) is 47.6 Å². The SMILES string of the molecule is CO[C@H]1CC/C=C/C(=O)Nc2cc(cc(OCCN(C)C)c2)C[C@@H](C)C[C@@H](OC)[C@H](O)[C@@H](C)/C=C(\C)[C@@H]1OC(N)=O. The highest BCUT2D eigenvalue weighted by molar-refractivity contribution is 5.99. The van der Waals surface area contributed by atoms with E-state index in [1.807, 2.05) is 57.1 Å². The lowest BCUT2D eigenvalue weighted by Gasteiger charge is -2.30. The van der Waals surface area contributed by atoms with Gasteiger partial charge in [-0.1, -0.05) is 26.0 Å². The highest BCUT2D eigenvalue weighted by Gasteiger charge is 2.29. The van der Waals surface area contributed by atoms with Gasteiger partial charge in [0.15, 0.2) is 6.10 Å². The Morgan fingerprint density at radius 1 is 1.15 bits per heavy atom. The number of nitrogens with one attached hydrogen (secondary N) is 1. The number of primary amides is 1. The number of anilines is 1. The van der Waals surface area contributed by atoms with Gasteiger partial charge < -0.3 is 40.0 Å². The zero-order valence-electron chi connectivity index (χ0n) is 25.6. The fourth-order valence-corrected chi connectivity index (χ4v) is 5.10. The van der Waals surface area contributed by atoms with Gasteiger partial charge in [-0.05, 0) is 82.0 Å². The molecule has 6 atom stereocenters. The highest BCUT2D eigenvalue weighted by Crippen LogP contribution is 2.28. The first-order chi connectivity index (χ1) is 19.4. The third kappa shape index (κ3) is 11.8. The first-order valence-corrected chi connectivity index (χ1v) is 14.2. The molecule has 1 aliphatic heterocycles. The van der Waals surface area contributed by atoms with E-state index in [1.165, 1.54) is 13.2 Å². The smallest absolute Gasteiger partial charge is 0.405 e. The van der Waals surface area contributed by atoms with Gasteiger partial charge in [-0.3, -0.25) is 4.79 Å². The lowest BCUT2D eigenvalue weighted by Crippen LogP contribution is -2.37. The van der Waals surface area contributed by atoms with Crippen LogP contribution in [0.2, 0.25) is 0 Å². The molecule has 0 radical (unpaired) electrons. The van der Waals surface area contributed by atoms with Gasteiger partial charge in [0.1, 0.15) is 12.4 Å². The van der Waals surface area contributed by atoms with Crippen LogP contribution in [-0.4, -0.2) is 87.9 Å². The molecule has 1 aliphatic rings. The number of allylic oxidation sites excluding steroid dienone is 1. The normalized spacial score (nSPS) is 28.8. The van der Waals surface area contributed by atoms with Crippen LogP contribution in [-0.2, 0) is 25.4 Å². The van der Waals surface area contributed by atoms with E-state index in [0.29, 0.717) is 49.3 Å². The third-order valence-corrected chi connectivity index (χ3v) is 7.23. The third-order valence-electron chi connectivity index (χ3n) is 7.23. The summed E-state index contributed by atoms with van der Waals surface area (Å²) in [6, 6.07) is 5.77. The number of aliphatic hydroxyl groups excluding tert-OH is 1. The Morgan fingerprint density at radius 3 is 2.49 bits per heavy atom. The maximum Gasteiger partial charge on any atom is 0.405 e. The highest BCUT2D eigenvalue weighted by atomic mass is 16.6. The largest absolute Gasteiger partial charge is 0.492 e. The van der Waals surface area contributed by atoms with Crippen LogP contribution < -0.4 is 15.8 Å². The monoisotopic (exact) mass is 575 g/mol. The van der Waals surface area contributed by atoms with E-state index >= 15 is 0 Å². The average molecular weight is 576 g/mol. The van der Waals surface area contributed by atoms with Gasteiger partial charge in [-0.25, -0.2) is 4.79 Å². The first kappa shape index (κ1) is 34.3. The lowest BCUT2D eigenvalue weighted by molar-refractivity contribution is -0.111. The minimum Gasteiger partial charge on any atom is -0.492 e. The van der Waals surface area contributed by atoms with Crippen LogP contribution in [0.15, 0.2) is 42.0 Å². The van der Waals surface area contributed by atoms with Gasteiger partial charge >= 0.3 is 6.09 Å². The van der Waals surface area contributed by atoms with Gasteiger partial charge in [0.25, 0.3) is 0 Å². The zero-order chi connectivity index (χ0) is 30.5. The van der Waals surface area contributed by atoms with Crippen LogP contribution in [0.5, 0.6) is 5.75 Å². The van der Waals surface area contributed by atoms with Crippen LogP contribution in [0.3, 0.4) is 0 Å². The Balaban J connectivity index is 2.42. The predicted octanol–water partition coefficient (Wildman–Crippen LogP) is 3.92. The van der Waals surface area contributed by atoms with Crippen LogP contribution >= 0.6 is 0 Å². The van der Waals surface area contributed by atoms with Crippen LogP contribution in [0.25, 0.3) is 0 Å². The summed E-state index contributed by atoms with van der Waals surface area (Å²) in [4.78, 5) is 26.5. The van der Waals surface area contributed by atoms with Crippen molar-refractivity contribution in [1.82, 2.24) is 4.90 Å². The summed E-state index contributed by atoms with van der Waals surface area (Å²) in [5.74, 6) is 0.271. The van der Waals surface area contributed by atoms with E-state index < -0.39 is 30.5 Å². The number of nitrogens with two attached hydrogens (primary N) is 1. The van der Waals surface area contributed by atoms with Gasteiger partial charge in [0.2, 0.25) is 5.91 Å². The van der Waals surface area contributed by atoms with Crippen LogP contribution in [0.4, 0.5) is 10.5 Å². The van der Waals surface area contributed by atoms with Gasteiger partial charge in [0, 0.05) is 38.4 Å². The van der Waals surface area contributed by atoms with Crippen LogP contribution in [0, 0.1) is 11.8 Å². The molecule has 10 heteroatoms. The summed E-state index contributed by atoms with van der Waals surface area (Å²) in [5, 5.41) is 14.2. The Morgan fingerprint density at radius 2 is 1.85 bits per heavy atom. The van der Waals surface area contributed by atoms with Crippen molar-refractivity contribution in [3.8, 4) is 5.75 Å². The van der Waals surface area contributed by atoms with Gasteiger partial charge in [-0.2, -0.15) is 0 Å². The molecule has 1 aromatic carbocycles. The maximum absolute atomic E-state index is 12.8. The number of aliphatic hydroxyl groups is 1. The summed E-state index contributed by atoms with van der Waals surface area (Å²) in [5.41, 5.74) is 7.74. The van der Waals surface area contributed by atoms with E-state index in [1.54, 1.807) is 13.2 Å². The summed E-state index contributed by atoms with van der Waals surface area (Å²) in [6.45, 7) is 7.11.